The summed E-state index contributed by atoms with van der Waals surface area (Å²) in [7, 11) is 0. The van der Waals surface area contributed by atoms with Crippen LogP contribution in [0.1, 0.15) is 28.5 Å². The molecular formula is C20H18N2O5. The van der Waals surface area contributed by atoms with E-state index in [4.69, 9.17) is 9.47 Å². The lowest BCUT2D eigenvalue weighted by atomic mass is 10.0. The number of hydrogen-bond acceptors (Lipinski definition) is 6. The van der Waals surface area contributed by atoms with Gasteiger partial charge in [0, 0.05) is 11.5 Å². The molecular weight excluding hydrogens is 348 g/mol. The molecule has 0 atom stereocenters. The second kappa shape index (κ2) is 7.82. The van der Waals surface area contributed by atoms with Crippen LogP contribution in [-0.4, -0.2) is 22.5 Å². The van der Waals surface area contributed by atoms with Crippen molar-refractivity contribution in [3.8, 4) is 5.75 Å². The van der Waals surface area contributed by atoms with E-state index >= 15 is 0 Å². The van der Waals surface area contributed by atoms with E-state index in [2.05, 4.69) is 4.98 Å². The van der Waals surface area contributed by atoms with Crippen LogP contribution in [0.3, 0.4) is 0 Å². The molecule has 0 fully saturated rings. The lowest BCUT2D eigenvalue weighted by Crippen LogP contribution is -2.14. The van der Waals surface area contributed by atoms with Crippen molar-refractivity contribution in [2.45, 2.75) is 20.5 Å². The number of para-hydroxylation sites is 3. The molecule has 0 aliphatic carbocycles. The molecule has 0 aliphatic rings. The molecule has 0 saturated carbocycles. The molecule has 0 spiro atoms. The minimum absolute atomic E-state index is 0.0926. The van der Waals surface area contributed by atoms with Crippen molar-refractivity contribution in [1.82, 2.24) is 4.98 Å². The molecule has 2 aromatic carbocycles. The minimum Gasteiger partial charge on any atom is -0.480 e. The highest BCUT2D eigenvalue weighted by Crippen LogP contribution is 2.28. The standard InChI is InChI=1S/C20H18N2O5/c1-3-26-20(23)19-13(2)14-8-4-5-9-15(14)21-16(19)12-27-18-11-7-6-10-17(18)22(24)25/h4-11H,3,12H2,1-2H3. The van der Waals surface area contributed by atoms with E-state index in [0.717, 1.165) is 10.9 Å². The van der Waals surface area contributed by atoms with Crippen molar-refractivity contribution in [2.75, 3.05) is 6.61 Å². The van der Waals surface area contributed by atoms with Gasteiger partial charge in [0.2, 0.25) is 0 Å². The second-order valence-electron chi connectivity index (χ2n) is 5.81. The van der Waals surface area contributed by atoms with Crippen molar-refractivity contribution in [1.29, 1.82) is 0 Å². The first-order valence-corrected chi connectivity index (χ1v) is 8.44. The van der Waals surface area contributed by atoms with Crippen LogP contribution in [0.4, 0.5) is 5.69 Å². The van der Waals surface area contributed by atoms with Gasteiger partial charge < -0.3 is 9.47 Å². The molecule has 27 heavy (non-hydrogen) atoms. The van der Waals surface area contributed by atoms with Crippen LogP contribution >= 0.6 is 0 Å². The third-order valence-electron chi connectivity index (χ3n) is 4.13. The molecule has 1 aromatic heterocycles. The first-order chi connectivity index (χ1) is 13.0. The smallest absolute Gasteiger partial charge is 0.340 e. The number of carbonyl (C=O) groups excluding carboxylic acids is 1. The maximum Gasteiger partial charge on any atom is 0.340 e. The predicted octanol–water partition coefficient (Wildman–Crippen LogP) is 4.21. The second-order valence-corrected chi connectivity index (χ2v) is 5.81. The Hall–Kier alpha value is -3.48. The average molecular weight is 366 g/mol. The van der Waals surface area contributed by atoms with Gasteiger partial charge in [0.15, 0.2) is 5.75 Å². The number of nitro groups is 1. The molecule has 3 aromatic rings. The normalized spacial score (nSPS) is 10.6. The summed E-state index contributed by atoms with van der Waals surface area (Å²) < 4.78 is 10.8. The predicted molar refractivity (Wildman–Crippen MR) is 99.9 cm³/mol. The van der Waals surface area contributed by atoms with E-state index in [1.807, 2.05) is 31.2 Å². The highest BCUT2D eigenvalue weighted by molar-refractivity contribution is 5.98. The Labute approximate surface area is 155 Å². The summed E-state index contributed by atoms with van der Waals surface area (Å²) in [6.07, 6.45) is 0. The number of fused-ring (bicyclic) bond motifs is 1. The van der Waals surface area contributed by atoms with E-state index in [9.17, 15) is 14.9 Å². The van der Waals surface area contributed by atoms with E-state index in [-0.39, 0.29) is 24.7 Å². The fourth-order valence-electron chi connectivity index (χ4n) is 2.90. The zero-order valence-electron chi connectivity index (χ0n) is 15.0. The van der Waals surface area contributed by atoms with Crippen LogP contribution in [0.25, 0.3) is 10.9 Å². The number of nitrogens with zero attached hydrogens (tertiary/aromatic N) is 2. The van der Waals surface area contributed by atoms with Crippen LogP contribution in [0.2, 0.25) is 0 Å². The van der Waals surface area contributed by atoms with Crippen molar-refractivity contribution in [3.05, 3.63) is 75.5 Å². The van der Waals surface area contributed by atoms with E-state index < -0.39 is 10.9 Å². The molecule has 0 radical (unpaired) electrons. The number of ether oxygens (including phenoxy) is 2. The highest BCUT2D eigenvalue weighted by atomic mass is 16.6. The van der Waals surface area contributed by atoms with Gasteiger partial charge in [-0.15, -0.1) is 0 Å². The van der Waals surface area contributed by atoms with Crippen molar-refractivity contribution >= 4 is 22.6 Å². The Morgan fingerprint density at radius 2 is 1.85 bits per heavy atom. The molecule has 3 rings (SSSR count). The highest BCUT2D eigenvalue weighted by Gasteiger charge is 2.21. The summed E-state index contributed by atoms with van der Waals surface area (Å²) in [6, 6.07) is 13.5. The molecule has 7 heteroatoms. The first kappa shape index (κ1) is 18.3. The fourth-order valence-corrected chi connectivity index (χ4v) is 2.90. The molecule has 0 unspecified atom stereocenters. The van der Waals surface area contributed by atoms with Crippen LogP contribution in [0, 0.1) is 17.0 Å². The summed E-state index contributed by atoms with van der Waals surface area (Å²) in [4.78, 5) is 27.7. The van der Waals surface area contributed by atoms with Gasteiger partial charge in [-0.3, -0.25) is 10.1 Å². The van der Waals surface area contributed by atoms with E-state index in [1.54, 1.807) is 19.1 Å². The van der Waals surface area contributed by atoms with Crippen molar-refractivity contribution < 1.29 is 19.2 Å². The molecule has 0 saturated heterocycles. The van der Waals surface area contributed by atoms with Gasteiger partial charge in [-0.25, -0.2) is 9.78 Å². The number of esters is 1. The fraction of sp³-hybridized carbons (Fsp3) is 0.200. The number of benzene rings is 2. The Morgan fingerprint density at radius 3 is 2.59 bits per heavy atom. The average Bonchev–Trinajstić information content (AvgIpc) is 2.66. The lowest BCUT2D eigenvalue weighted by molar-refractivity contribution is -0.385. The van der Waals surface area contributed by atoms with Crippen molar-refractivity contribution in [2.24, 2.45) is 0 Å². The zero-order valence-corrected chi connectivity index (χ0v) is 15.0. The minimum atomic E-state index is -0.513. The maximum atomic E-state index is 12.5. The zero-order chi connectivity index (χ0) is 19.4. The SMILES string of the molecule is CCOC(=O)c1c(COc2ccccc2[N+](=O)[O-])nc2ccccc2c1C. The van der Waals surface area contributed by atoms with Gasteiger partial charge in [0.05, 0.1) is 28.3 Å². The van der Waals surface area contributed by atoms with Gasteiger partial charge in [-0.2, -0.15) is 0 Å². The summed E-state index contributed by atoms with van der Waals surface area (Å²) in [5.41, 5.74) is 2.01. The lowest BCUT2D eigenvalue weighted by Gasteiger charge is -2.14. The number of carbonyl (C=O) groups is 1. The Kier molecular flexibility index (Phi) is 5.30. The van der Waals surface area contributed by atoms with Crippen molar-refractivity contribution in [3.63, 3.8) is 0 Å². The topological polar surface area (TPSA) is 91.6 Å². The molecule has 0 bridgehead atoms. The number of aromatic nitrogens is 1. The molecule has 1 heterocycles. The van der Waals surface area contributed by atoms with E-state index in [1.165, 1.54) is 12.1 Å². The maximum absolute atomic E-state index is 12.5. The molecule has 0 amide bonds. The molecule has 0 N–H and O–H groups in total. The third-order valence-corrected chi connectivity index (χ3v) is 4.13. The summed E-state index contributed by atoms with van der Waals surface area (Å²) in [5, 5.41) is 12.0. The molecule has 138 valence electrons. The molecule has 0 aliphatic heterocycles. The number of rotatable bonds is 6. The van der Waals surface area contributed by atoms with Gasteiger partial charge in [-0.05, 0) is 31.5 Å². The quantitative estimate of drug-likeness (QED) is 0.369. The monoisotopic (exact) mass is 366 g/mol. The first-order valence-electron chi connectivity index (χ1n) is 8.44. The Morgan fingerprint density at radius 1 is 1.15 bits per heavy atom. The molecule has 7 nitrogen and oxygen atoms in total. The number of aryl methyl sites for hydroxylation is 1. The van der Waals surface area contributed by atoms with Crippen LogP contribution in [0.5, 0.6) is 5.75 Å². The summed E-state index contributed by atoms with van der Waals surface area (Å²) in [6.45, 7) is 3.69. The number of hydrogen-bond donors (Lipinski definition) is 0. The third kappa shape index (κ3) is 3.72. The van der Waals surface area contributed by atoms with Crippen LogP contribution in [-0.2, 0) is 11.3 Å². The largest absolute Gasteiger partial charge is 0.480 e. The van der Waals surface area contributed by atoms with Gasteiger partial charge in [-0.1, -0.05) is 30.3 Å². The van der Waals surface area contributed by atoms with E-state index in [0.29, 0.717) is 16.8 Å². The van der Waals surface area contributed by atoms with Gasteiger partial charge in [0.25, 0.3) is 0 Å². The van der Waals surface area contributed by atoms with Gasteiger partial charge in [0.1, 0.15) is 6.61 Å². The number of nitro benzene ring substituents is 1. The number of pyridine rings is 1. The van der Waals surface area contributed by atoms with Crippen LogP contribution in [0.15, 0.2) is 48.5 Å². The summed E-state index contributed by atoms with van der Waals surface area (Å²) in [5.74, 6) is -0.376. The van der Waals surface area contributed by atoms with Crippen LogP contribution < -0.4 is 4.74 Å². The van der Waals surface area contributed by atoms with Gasteiger partial charge >= 0.3 is 11.7 Å². The summed E-state index contributed by atoms with van der Waals surface area (Å²) >= 11 is 0. The Bertz CT molecular complexity index is 1020. The Balaban J connectivity index is 2.04.